The van der Waals surface area contributed by atoms with Crippen molar-refractivity contribution in [3.8, 4) is 0 Å². The van der Waals surface area contributed by atoms with E-state index >= 15 is 0 Å². The van der Waals surface area contributed by atoms with E-state index in [4.69, 9.17) is 0 Å². The van der Waals surface area contributed by atoms with E-state index in [1.807, 2.05) is 4.90 Å². The maximum atomic E-state index is 3.96. The molecule has 0 N–H and O–H groups in total. The standard InChI is InChI=1S/C13H24N2/c1-4-7-8-9-10-11-12-15(6-3)13-14-5-2/h5-6,13H,2-4,7-12H2,1H3/b14-13-. The fraction of sp³-hybridized carbons (Fsp3) is 0.615. The van der Waals surface area contributed by atoms with Crippen molar-refractivity contribution in [1.82, 2.24) is 4.90 Å². The van der Waals surface area contributed by atoms with E-state index in [2.05, 4.69) is 25.1 Å². The molecular weight excluding hydrogens is 184 g/mol. The Balaban J connectivity index is 3.42. The SMILES string of the molecule is C=C/N=C\N(C=C)CCCCCCCC. The Morgan fingerprint density at radius 3 is 2.33 bits per heavy atom. The van der Waals surface area contributed by atoms with E-state index in [9.17, 15) is 0 Å². The lowest BCUT2D eigenvalue weighted by molar-refractivity contribution is 0.510. The van der Waals surface area contributed by atoms with Gasteiger partial charge in [-0.25, -0.2) is 4.99 Å². The van der Waals surface area contributed by atoms with Crippen LogP contribution < -0.4 is 0 Å². The number of hydrogen-bond acceptors (Lipinski definition) is 1. The number of hydrogen-bond donors (Lipinski definition) is 0. The van der Waals surface area contributed by atoms with Crippen LogP contribution in [0.15, 0.2) is 30.6 Å². The van der Waals surface area contributed by atoms with E-state index in [1.165, 1.54) is 44.7 Å². The van der Waals surface area contributed by atoms with Crippen molar-refractivity contribution >= 4 is 6.34 Å². The molecule has 0 heterocycles. The molecule has 0 bridgehead atoms. The summed E-state index contributed by atoms with van der Waals surface area (Å²) in [5, 5.41) is 0. The molecule has 0 amide bonds. The summed E-state index contributed by atoms with van der Waals surface area (Å²) in [6, 6.07) is 0. The molecule has 0 aromatic rings. The van der Waals surface area contributed by atoms with Crippen molar-refractivity contribution < 1.29 is 0 Å². The highest BCUT2D eigenvalue weighted by molar-refractivity contribution is 5.56. The topological polar surface area (TPSA) is 15.6 Å². The van der Waals surface area contributed by atoms with Gasteiger partial charge in [0, 0.05) is 12.7 Å². The average Bonchev–Trinajstić information content (AvgIpc) is 2.27. The zero-order valence-corrected chi connectivity index (χ0v) is 9.99. The molecule has 0 aliphatic carbocycles. The summed E-state index contributed by atoms with van der Waals surface area (Å²) in [6.07, 6.45) is 13.0. The van der Waals surface area contributed by atoms with Crippen molar-refractivity contribution in [1.29, 1.82) is 0 Å². The minimum atomic E-state index is 1.01. The second-order valence-corrected chi connectivity index (χ2v) is 3.64. The zero-order chi connectivity index (χ0) is 11.4. The first-order chi connectivity index (χ1) is 7.35. The van der Waals surface area contributed by atoms with Crippen LogP contribution in [0.1, 0.15) is 45.4 Å². The van der Waals surface area contributed by atoms with Gasteiger partial charge in [-0.15, -0.1) is 0 Å². The third-order valence-electron chi connectivity index (χ3n) is 2.32. The van der Waals surface area contributed by atoms with Crippen molar-refractivity contribution in [2.75, 3.05) is 6.54 Å². The molecule has 0 atom stereocenters. The Morgan fingerprint density at radius 2 is 1.73 bits per heavy atom. The highest BCUT2D eigenvalue weighted by Gasteiger charge is 1.94. The Bertz CT molecular complexity index is 185. The van der Waals surface area contributed by atoms with Gasteiger partial charge in [-0.3, -0.25) is 0 Å². The molecule has 0 radical (unpaired) electrons. The molecule has 15 heavy (non-hydrogen) atoms. The molecule has 0 fully saturated rings. The maximum Gasteiger partial charge on any atom is 0.0944 e. The number of aliphatic imine (C=N–C) groups is 1. The van der Waals surface area contributed by atoms with Gasteiger partial charge in [-0.1, -0.05) is 52.2 Å². The van der Waals surface area contributed by atoms with Crippen LogP contribution in [0.2, 0.25) is 0 Å². The van der Waals surface area contributed by atoms with Crippen LogP contribution in [0.5, 0.6) is 0 Å². The van der Waals surface area contributed by atoms with Crippen LogP contribution in [0.3, 0.4) is 0 Å². The molecule has 0 aliphatic rings. The van der Waals surface area contributed by atoms with Crippen molar-refractivity contribution in [2.24, 2.45) is 4.99 Å². The molecule has 0 aromatic carbocycles. The smallest absolute Gasteiger partial charge is 0.0944 e. The Kier molecular flexibility index (Phi) is 10.3. The van der Waals surface area contributed by atoms with Crippen LogP contribution in [-0.4, -0.2) is 17.8 Å². The third kappa shape index (κ3) is 9.26. The maximum absolute atomic E-state index is 3.96. The van der Waals surface area contributed by atoms with Crippen LogP contribution in [0, 0.1) is 0 Å². The molecule has 2 heteroatoms. The summed E-state index contributed by atoms with van der Waals surface area (Å²) >= 11 is 0. The van der Waals surface area contributed by atoms with Gasteiger partial charge in [-0.2, -0.15) is 0 Å². The zero-order valence-electron chi connectivity index (χ0n) is 9.99. The fourth-order valence-corrected chi connectivity index (χ4v) is 1.40. The van der Waals surface area contributed by atoms with Crippen LogP contribution in [0.25, 0.3) is 0 Å². The van der Waals surface area contributed by atoms with E-state index in [0.717, 1.165) is 6.54 Å². The van der Waals surface area contributed by atoms with E-state index < -0.39 is 0 Å². The van der Waals surface area contributed by atoms with Crippen LogP contribution >= 0.6 is 0 Å². The molecular formula is C13H24N2. The van der Waals surface area contributed by atoms with E-state index in [-0.39, 0.29) is 0 Å². The lowest BCUT2D eigenvalue weighted by atomic mass is 10.1. The quantitative estimate of drug-likeness (QED) is 0.301. The Labute approximate surface area is 94.4 Å². The van der Waals surface area contributed by atoms with Gasteiger partial charge in [0.2, 0.25) is 0 Å². The predicted molar refractivity (Wildman–Crippen MR) is 69.0 cm³/mol. The molecule has 0 spiro atoms. The lowest BCUT2D eigenvalue weighted by Crippen LogP contribution is -2.15. The first-order valence-electron chi connectivity index (χ1n) is 5.87. The Morgan fingerprint density at radius 1 is 1.07 bits per heavy atom. The minimum absolute atomic E-state index is 1.01. The highest BCUT2D eigenvalue weighted by Crippen LogP contribution is 2.05. The van der Waals surface area contributed by atoms with Gasteiger partial charge >= 0.3 is 0 Å². The van der Waals surface area contributed by atoms with E-state index in [0.29, 0.717) is 0 Å². The van der Waals surface area contributed by atoms with Gasteiger partial charge in [0.15, 0.2) is 0 Å². The average molecular weight is 208 g/mol. The molecule has 2 nitrogen and oxygen atoms in total. The predicted octanol–water partition coefficient (Wildman–Crippen LogP) is 3.96. The minimum Gasteiger partial charge on any atom is -0.340 e. The normalized spacial score (nSPS) is 10.5. The lowest BCUT2D eigenvalue weighted by Gasteiger charge is -2.12. The molecule has 86 valence electrons. The van der Waals surface area contributed by atoms with Gasteiger partial charge < -0.3 is 4.90 Å². The van der Waals surface area contributed by atoms with Gasteiger partial charge in [-0.05, 0) is 12.6 Å². The van der Waals surface area contributed by atoms with Gasteiger partial charge in [0.25, 0.3) is 0 Å². The number of nitrogens with zero attached hydrogens (tertiary/aromatic N) is 2. The molecule has 0 saturated heterocycles. The van der Waals surface area contributed by atoms with Crippen molar-refractivity contribution in [2.45, 2.75) is 45.4 Å². The molecule has 0 aliphatic heterocycles. The van der Waals surface area contributed by atoms with Gasteiger partial charge in [0.05, 0.1) is 6.34 Å². The summed E-state index contributed by atoms with van der Waals surface area (Å²) in [7, 11) is 0. The fourth-order valence-electron chi connectivity index (χ4n) is 1.40. The Hall–Kier alpha value is -1.05. The summed E-state index contributed by atoms with van der Waals surface area (Å²) < 4.78 is 0. The monoisotopic (exact) mass is 208 g/mol. The molecule has 0 saturated carbocycles. The summed E-state index contributed by atoms with van der Waals surface area (Å²) in [5.74, 6) is 0. The molecule has 0 aromatic heterocycles. The number of unbranched alkanes of at least 4 members (excludes halogenated alkanes) is 5. The summed E-state index contributed by atoms with van der Waals surface area (Å²) in [4.78, 5) is 5.97. The van der Waals surface area contributed by atoms with Crippen molar-refractivity contribution in [3.63, 3.8) is 0 Å². The summed E-state index contributed by atoms with van der Waals surface area (Å²) in [5.41, 5.74) is 0. The first kappa shape index (κ1) is 13.9. The molecule has 0 unspecified atom stereocenters. The van der Waals surface area contributed by atoms with Crippen LogP contribution in [0.4, 0.5) is 0 Å². The van der Waals surface area contributed by atoms with E-state index in [1.54, 1.807) is 12.5 Å². The van der Waals surface area contributed by atoms with Crippen molar-refractivity contribution in [3.05, 3.63) is 25.6 Å². The van der Waals surface area contributed by atoms with Gasteiger partial charge in [0.1, 0.15) is 0 Å². The largest absolute Gasteiger partial charge is 0.340 e. The molecule has 0 rings (SSSR count). The number of rotatable bonds is 10. The summed E-state index contributed by atoms with van der Waals surface area (Å²) in [6.45, 7) is 10.5. The third-order valence-corrected chi connectivity index (χ3v) is 2.32. The first-order valence-corrected chi connectivity index (χ1v) is 5.87. The second-order valence-electron chi connectivity index (χ2n) is 3.64. The highest BCUT2D eigenvalue weighted by atomic mass is 15.1. The van der Waals surface area contributed by atoms with Crippen LogP contribution in [-0.2, 0) is 0 Å². The second kappa shape index (κ2) is 11.0.